The first kappa shape index (κ1) is 12.7. The van der Waals surface area contributed by atoms with Gasteiger partial charge in [0.2, 0.25) is 0 Å². The zero-order valence-electron chi connectivity index (χ0n) is 10.4. The van der Waals surface area contributed by atoms with Crippen LogP contribution in [0.25, 0.3) is 16.7 Å². The number of hydrogen-bond donors (Lipinski definition) is 0. The Morgan fingerprint density at radius 3 is 2.76 bits per heavy atom. The maximum Gasteiger partial charge on any atom is 0.428 e. The van der Waals surface area contributed by atoms with Crippen LogP contribution < -0.4 is 11.4 Å². The number of nitro groups is 1. The quantitative estimate of drug-likeness (QED) is 0.517. The van der Waals surface area contributed by atoms with Crippen molar-refractivity contribution in [2.24, 2.45) is 0 Å². The van der Waals surface area contributed by atoms with Crippen LogP contribution >= 0.6 is 0 Å². The van der Waals surface area contributed by atoms with Crippen molar-refractivity contribution in [2.75, 3.05) is 0 Å². The molecule has 0 aliphatic carbocycles. The predicted molar refractivity (Wildman–Crippen MR) is 72.5 cm³/mol. The molecule has 0 unspecified atom stereocenters. The summed E-state index contributed by atoms with van der Waals surface area (Å²) in [5.74, 6) is -0.952. The van der Waals surface area contributed by atoms with E-state index in [4.69, 9.17) is 0 Å². The van der Waals surface area contributed by atoms with Gasteiger partial charge in [0.25, 0.3) is 5.69 Å². The fourth-order valence-electron chi connectivity index (χ4n) is 1.97. The summed E-state index contributed by atoms with van der Waals surface area (Å²) in [4.78, 5) is 37.8. The van der Waals surface area contributed by atoms with Gasteiger partial charge in [0.1, 0.15) is 5.39 Å². The van der Waals surface area contributed by atoms with Crippen molar-refractivity contribution in [1.82, 2.24) is 9.55 Å². The molecule has 0 atom stereocenters. The topological polar surface area (TPSA) is 108 Å². The normalized spacial score (nSPS) is 10.7. The molecule has 0 spiro atoms. The molecule has 8 nitrogen and oxygen atoms in total. The average Bonchev–Trinajstić information content (AvgIpc) is 2.47. The van der Waals surface area contributed by atoms with Crippen LogP contribution in [0, 0.1) is 10.1 Å². The third-order valence-corrected chi connectivity index (χ3v) is 2.88. The lowest BCUT2D eigenvalue weighted by Gasteiger charge is -2.06. The largest absolute Gasteiger partial charge is 0.428 e. The highest BCUT2D eigenvalue weighted by molar-refractivity contribution is 5.74. The maximum absolute atomic E-state index is 11.9. The molecule has 2 heterocycles. The molecule has 0 aliphatic rings. The summed E-state index contributed by atoms with van der Waals surface area (Å²) in [5, 5.41) is 10.9. The van der Waals surface area contributed by atoms with Crippen LogP contribution in [0.4, 0.5) is 5.69 Å². The van der Waals surface area contributed by atoms with E-state index in [2.05, 4.69) is 9.40 Å². The van der Waals surface area contributed by atoms with Gasteiger partial charge in [-0.1, -0.05) is 6.07 Å². The minimum absolute atomic E-state index is 0.0826. The molecule has 0 aliphatic heterocycles. The number of pyridine rings is 1. The number of nitro benzene ring substituents is 1. The highest BCUT2D eigenvalue weighted by Gasteiger charge is 2.14. The second-order valence-electron chi connectivity index (χ2n) is 4.14. The summed E-state index contributed by atoms with van der Waals surface area (Å²) in [7, 11) is 0. The average molecular weight is 285 g/mol. The van der Waals surface area contributed by atoms with E-state index in [9.17, 15) is 19.7 Å². The SMILES string of the molecule is O=c1oc(=O)n(-c2cccc([N+](=O)[O-])c2)c2ncccc12. The lowest BCUT2D eigenvalue weighted by molar-refractivity contribution is -0.384. The molecular formula is C13H7N3O5. The monoisotopic (exact) mass is 285 g/mol. The van der Waals surface area contributed by atoms with E-state index in [1.54, 1.807) is 0 Å². The molecule has 1 aromatic carbocycles. The fraction of sp³-hybridized carbons (Fsp3) is 0. The van der Waals surface area contributed by atoms with Gasteiger partial charge < -0.3 is 4.42 Å². The lowest BCUT2D eigenvalue weighted by atomic mass is 10.2. The summed E-state index contributed by atoms with van der Waals surface area (Å²) in [6.07, 6.45) is 1.41. The van der Waals surface area contributed by atoms with Crippen LogP contribution in [0.3, 0.4) is 0 Å². The van der Waals surface area contributed by atoms with Crippen molar-refractivity contribution in [2.45, 2.75) is 0 Å². The second kappa shape index (κ2) is 4.67. The Labute approximate surface area is 116 Å². The van der Waals surface area contributed by atoms with Gasteiger partial charge >= 0.3 is 11.4 Å². The van der Waals surface area contributed by atoms with Gasteiger partial charge in [0, 0.05) is 18.3 Å². The van der Waals surface area contributed by atoms with Gasteiger partial charge in [-0.05, 0) is 18.2 Å². The summed E-state index contributed by atoms with van der Waals surface area (Å²) < 4.78 is 5.64. The molecule has 8 heteroatoms. The van der Waals surface area contributed by atoms with E-state index < -0.39 is 16.3 Å². The first-order valence-corrected chi connectivity index (χ1v) is 5.83. The first-order valence-electron chi connectivity index (χ1n) is 5.83. The molecular weight excluding hydrogens is 278 g/mol. The van der Waals surface area contributed by atoms with Gasteiger partial charge in [-0.25, -0.2) is 19.1 Å². The number of benzene rings is 1. The Hall–Kier alpha value is -3.29. The van der Waals surface area contributed by atoms with Gasteiger partial charge in [0.05, 0.1) is 10.6 Å². The number of rotatable bonds is 2. The number of aromatic nitrogens is 2. The van der Waals surface area contributed by atoms with Crippen molar-refractivity contribution < 1.29 is 9.34 Å². The smallest absolute Gasteiger partial charge is 0.372 e. The predicted octanol–water partition coefficient (Wildman–Crippen LogP) is 1.25. The molecule has 0 bridgehead atoms. The second-order valence-corrected chi connectivity index (χ2v) is 4.14. The molecule has 0 fully saturated rings. The van der Waals surface area contributed by atoms with Gasteiger partial charge in [-0.3, -0.25) is 10.1 Å². The first-order chi connectivity index (χ1) is 10.1. The van der Waals surface area contributed by atoms with Gasteiger partial charge in [-0.15, -0.1) is 0 Å². The lowest BCUT2D eigenvalue weighted by Crippen LogP contribution is -2.24. The Morgan fingerprint density at radius 1 is 1.19 bits per heavy atom. The third kappa shape index (κ3) is 2.08. The standard InChI is InChI=1S/C13H7N3O5/c17-12-10-5-2-6-14-11(10)15(13(18)21-12)8-3-1-4-9(7-8)16(19)20/h1-7H. The van der Waals surface area contributed by atoms with Crippen molar-refractivity contribution in [1.29, 1.82) is 0 Å². The summed E-state index contributed by atoms with van der Waals surface area (Å²) >= 11 is 0. The van der Waals surface area contributed by atoms with Crippen molar-refractivity contribution in [3.8, 4) is 5.69 Å². The van der Waals surface area contributed by atoms with E-state index in [1.165, 1.54) is 42.6 Å². The summed E-state index contributed by atoms with van der Waals surface area (Å²) in [6.45, 7) is 0. The molecule has 21 heavy (non-hydrogen) atoms. The van der Waals surface area contributed by atoms with Crippen LogP contribution in [0.15, 0.2) is 56.6 Å². The fourth-order valence-corrected chi connectivity index (χ4v) is 1.97. The molecule has 2 aromatic heterocycles. The Kier molecular flexibility index (Phi) is 2.83. The molecule has 0 amide bonds. The molecule has 0 radical (unpaired) electrons. The number of hydrogen-bond acceptors (Lipinski definition) is 6. The van der Waals surface area contributed by atoms with E-state index in [0.717, 1.165) is 4.57 Å². The molecule has 0 saturated carbocycles. The van der Waals surface area contributed by atoms with Crippen LogP contribution in [-0.4, -0.2) is 14.5 Å². The number of nitrogens with zero attached hydrogens (tertiary/aromatic N) is 3. The van der Waals surface area contributed by atoms with E-state index in [0.29, 0.717) is 0 Å². The molecule has 0 N–H and O–H groups in total. The van der Waals surface area contributed by atoms with Crippen LogP contribution in [0.1, 0.15) is 0 Å². The third-order valence-electron chi connectivity index (χ3n) is 2.88. The zero-order chi connectivity index (χ0) is 15.0. The Balaban J connectivity index is 2.40. The number of fused-ring (bicyclic) bond motifs is 1. The highest BCUT2D eigenvalue weighted by Crippen LogP contribution is 2.17. The molecule has 104 valence electrons. The highest BCUT2D eigenvalue weighted by atomic mass is 16.6. The number of non-ortho nitro benzene ring substituents is 1. The van der Waals surface area contributed by atoms with Gasteiger partial charge in [-0.2, -0.15) is 0 Å². The maximum atomic E-state index is 11.9. The molecule has 0 saturated heterocycles. The Bertz CT molecular complexity index is 973. The van der Waals surface area contributed by atoms with Crippen LogP contribution in [-0.2, 0) is 0 Å². The van der Waals surface area contributed by atoms with E-state index in [1.807, 2.05) is 0 Å². The van der Waals surface area contributed by atoms with E-state index in [-0.39, 0.29) is 22.4 Å². The molecule has 3 rings (SSSR count). The zero-order valence-corrected chi connectivity index (χ0v) is 10.4. The Morgan fingerprint density at radius 2 is 2.00 bits per heavy atom. The minimum atomic E-state index is -0.952. The van der Waals surface area contributed by atoms with Crippen molar-refractivity contribution >= 4 is 16.7 Å². The van der Waals surface area contributed by atoms with Crippen molar-refractivity contribution in [3.05, 3.63) is 73.7 Å². The van der Waals surface area contributed by atoms with Crippen LogP contribution in [0.2, 0.25) is 0 Å². The summed E-state index contributed by atoms with van der Waals surface area (Å²) in [5.41, 5.74) is -0.708. The van der Waals surface area contributed by atoms with Gasteiger partial charge in [0.15, 0.2) is 5.65 Å². The van der Waals surface area contributed by atoms with Crippen LogP contribution in [0.5, 0.6) is 0 Å². The minimum Gasteiger partial charge on any atom is -0.372 e. The van der Waals surface area contributed by atoms with Crippen molar-refractivity contribution in [3.63, 3.8) is 0 Å². The molecule has 3 aromatic rings. The summed E-state index contributed by atoms with van der Waals surface area (Å²) in [6, 6.07) is 8.41. The van der Waals surface area contributed by atoms with E-state index >= 15 is 0 Å².